The average molecular weight is 706 g/mol. The molecule has 279 valence electrons. The van der Waals surface area contributed by atoms with Gasteiger partial charge in [0.1, 0.15) is 37.4 Å². The molecule has 2 aliphatic rings. The van der Waals surface area contributed by atoms with E-state index in [-0.39, 0.29) is 42.9 Å². The molecule has 4 rings (SSSR count). The normalized spacial score (nSPS) is 21.7. The number of esters is 1. The van der Waals surface area contributed by atoms with Crippen molar-refractivity contribution in [3.8, 4) is 11.5 Å². The molecule has 51 heavy (non-hydrogen) atoms. The number of ether oxygens (including phenoxy) is 5. The number of rotatable bonds is 15. The lowest BCUT2D eigenvalue weighted by molar-refractivity contribution is -0.142. The molecule has 1 radical (unpaired) electrons. The molecule has 0 aliphatic heterocycles. The molecule has 2 aromatic rings. The quantitative estimate of drug-likeness (QED) is 0.108. The third-order valence-corrected chi connectivity index (χ3v) is 9.64. The van der Waals surface area contributed by atoms with Crippen molar-refractivity contribution in [2.75, 3.05) is 19.8 Å². The Morgan fingerprint density at radius 3 is 1.76 bits per heavy atom. The zero-order valence-electron chi connectivity index (χ0n) is 30.8. The first-order valence-electron chi connectivity index (χ1n) is 18.3. The highest BCUT2D eigenvalue weighted by Gasteiger charge is 2.29. The van der Waals surface area contributed by atoms with Gasteiger partial charge in [-0.2, -0.15) is 0 Å². The number of hydrogen-bond acceptors (Lipinski definition) is 8. The Hall–Kier alpha value is -4.21. The molecule has 2 N–H and O–H groups in total. The number of hydrogen-bond donors (Lipinski definition) is 2. The second kappa shape index (κ2) is 19.4. The van der Waals surface area contributed by atoms with E-state index in [1.54, 1.807) is 19.1 Å². The summed E-state index contributed by atoms with van der Waals surface area (Å²) in [5.41, 5.74) is 1.57. The summed E-state index contributed by atoms with van der Waals surface area (Å²) in [6.45, 7) is 15.7. The molecule has 2 aliphatic carbocycles. The van der Waals surface area contributed by atoms with Crippen LogP contribution in [0.2, 0.25) is 0 Å². The predicted molar refractivity (Wildman–Crippen MR) is 197 cm³/mol. The SMILES string of the molecule is [CH2]C(COc1ccc(C(C)(C)C)cc1)OC(=O)NC1CCC(CC2CCC(NC(=O)OC(COC(=O)C(=C)C)COc3ccccc3)CC2)CC1. The van der Waals surface area contributed by atoms with Crippen LogP contribution in [-0.4, -0.2) is 62.3 Å². The van der Waals surface area contributed by atoms with E-state index in [2.05, 4.69) is 57.0 Å². The zero-order valence-corrected chi connectivity index (χ0v) is 30.8. The maximum atomic E-state index is 12.8. The lowest BCUT2D eigenvalue weighted by Gasteiger charge is -2.34. The first-order valence-corrected chi connectivity index (χ1v) is 18.3. The molecular formula is C41H57N2O8. The van der Waals surface area contributed by atoms with E-state index in [0.717, 1.165) is 63.5 Å². The summed E-state index contributed by atoms with van der Waals surface area (Å²) in [5, 5.41) is 6.03. The van der Waals surface area contributed by atoms with Gasteiger partial charge in [-0.3, -0.25) is 0 Å². The molecule has 2 aromatic carbocycles. The van der Waals surface area contributed by atoms with Gasteiger partial charge in [-0.25, -0.2) is 14.4 Å². The Bertz CT molecular complexity index is 1390. The van der Waals surface area contributed by atoms with Crippen molar-refractivity contribution in [3.63, 3.8) is 0 Å². The van der Waals surface area contributed by atoms with E-state index in [4.69, 9.17) is 23.7 Å². The Morgan fingerprint density at radius 2 is 1.24 bits per heavy atom. The van der Waals surface area contributed by atoms with Crippen molar-refractivity contribution < 1.29 is 38.1 Å². The number of carbonyl (C=O) groups is 3. The van der Waals surface area contributed by atoms with E-state index >= 15 is 0 Å². The summed E-state index contributed by atoms with van der Waals surface area (Å²) in [7, 11) is 0. The van der Waals surface area contributed by atoms with Crippen molar-refractivity contribution in [2.24, 2.45) is 11.8 Å². The zero-order chi connectivity index (χ0) is 36.8. The molecular weight excluding hydrogens is 648 g/mol. The van der Waals surface area contributed by atoms with E-state index in [1.165, 1.54) is 5.56 Å². The van der Waals surface area contributed by atoms with Gasteiger partial charge in [0.25, 0.3) is 0 Å². The van der Waals surface area contributed by atoms with Gasteiger partial charge < -0.3 is 34.3 Å². The van der Waals surface area contributed by atoms with Gasteiger partial charge >= 0.3 is 18.2 Å². The van der Waals surface area contributed by atoms with Gasteiger partial charge in [0, 0.05) is 17.7 Å². The first kappa shape index (κ1) is 39.6. The number of para-hydroxylation sites is 1. The molecule has 10 heteroatoms. The third-order valence-electron chi connectivity index (χ3n) is 9.64. The van der Waals surface area contributed by atoms with Gasteiger partial charge in [-0.15, -0.1) is 0 Å². The monoisotopic (exact) mass is 705 g/mol. The Labute approximate surface area is 304 Å². The highest BCUT2D eigenvalue weighted by molar-refractivity contribution is 5.86. The van der Waals surface area contributed by atoms with Crippen LogP contribution in [0.3, 0.4) is 0 Å². The molecule has 0 aromatic heterocycles. The van der Waals surface area contributed by atoms with Crippen LogP contribution < -0.4 is 20.1 Å². The minimum atomic E-state index is -0.771. The number of carbonyl (C=O) groups excluding carboxylic acids is 3. The van der Waals surface area contributed by atoms with Gasteiger partial charge in [0.15, 0.2) is 6.10 Å². The Kier molecular flexibility index (Phi) is 15.1. The molecule has 0 spiro atoms. The van der Waals surface area contributed by atoms with Crippen LogP contribution in [-0.2, 0) is 24.4 Å². The summed E-state index contributed by atoms with van der Waals surface area (Å²) >= 11 is 0. The highest BCUT2D eigenvalue weighted by Crippen LogP contribution is 2.35. The third kappa shape index (κ3) is 14.1. The van der Waals surface area contributed by atoms with Crippen molar-refractivity contribution >= 4 is 18.2 Å². The van der Waals surface area contributed by atoms with Gasteiger partial charge in [0.05, 0.1) is 0 Å². The van der Waals surface area contributed by atoms with Crippen molar-refractivity contribution in [3.05, 3.63) is 79.2 Å². The van der Waals surface area contributed by atoms with Crippen LogP contribution in [0.4, 0.5) is 9.59 Å². The van der Waals surface area contributed by atoms with E-state index in [0.29, 0.717) is 17.6 Å². The van der Waals surface area contributed by atoms with Crippen LogP contribution >= 0.6 is 0 Å². The lowest BCUT2D eigenvalue weighted by atomic mass is 9.76. The summed E-state index contributed by atoms with van der Waals surface area (Å²) < 4.78 is 27.9. The number of amides is 2. The molecule has 0 saturated heterocycles. The lowest BCUT2D eigenvalue weighted by Crippen LogP contribution is -2.42. The minimum absolute atomic E-state index is 0.0321. The second-order valence-electron chi connectivity index (χ2n) is 15.1. The van der Waals surface area contributed by atoms with Crippen LogP contribution in [0.25, 0.3) is 0 Å². The molecule has 10 nitrogen and oxygen atoms in total. The van der Waals surface area contributed by atoms with E-state index in [1.807, 2.05) is 30.3 Å². The summed E-state index contributed by atoms with van der Waals surface area (Å²) in [6.07, 6.45) is 6.64. The fourth-order valence-corrected chi connectivity index (χ4v) is 6.65. The van der Waals surface area contributed by atoms with Crippen molar-refractivity contribution in [2.45, 2.75) is 115 Å². The topological polar surface area (TPSA) is 121 Å². The number of benzene rings is 2. The van der Waals surface area contributed by atoms with Crippen LogP contribution in [0.15, 0.2) is 66.7 Å². The number of nitrogens with one attached hydrogen (secondary N) is 2. The van der Waals surface area contributed by atoms with E-state index in [9.17, 15) is 14.4 Å². The fourth-order valence-electron chi connectivity index (χ4n) is 6.65. The first-order chi connectivity index (χ1) is 24.3. The smallest absolute Gasteiger partial charge is 0.407 e. The minimum Gasteiger partial charge on any atom is -0.490 e. The van der Waals surface area contributed by atoms with Crippen LogP contribution in [0.5, 0.6) is 11.5 Å². The molecule has 2 saturated carbocycles. The van der Waals surface area contributed by atoms with Crippen LogP contribution in [0, 0.1) is 18.8 Å². The van der Waals surface area contributed by atoms with E-state index < -0.39 is 30.4 Å². The molecule has 0 bridgehead atoms. The molecule has 2 unspecified atom stereocenters. The maximum Gasteiger partial charge on any atom is 0.407 e. The van der Waals surface area contributed by atoms with Gasteiger partial charge in [0.2, 0.25) is 0 Å². The summed E-state index contributed by atoms with van der Waals surface area (Å²) in [5.74, 6) is 2.05. The van der Waals surface area contributed by atoms with Gasteiger partial charge in [-0.05, 0) is 119 Å². The maximum absolute atomic E-state index is 12.8. The molecule has 0 heterocycles. The highest BCUT2D eigenvalue weighted by atomic mass is 16.6. The average Bonchev–Trinajstić information content (AvgIpc) is 3.10. The second-order valence-corrected chi connectivity index (χ2v) is 15.1. The molecule has 2 amide bonds. The van der Waals surface area contributed by atoms with Crippen LogP contribution in [0.1, 0.15) is 91.0 Å². The predicted octanol–water partition coefficient (Wildman–Crippen LogP) is 8.09. The largest absolute Gasteiger partial charge is 0.490 e. The van der Waals surface area contributed by atoms with Crippen molar-refractivity contribution in [1.82, 2.24) is 10.6 Å². The number of alkyl carbamates (subject to hydrolysis) is 2. The molecule has 2 atom stereocenters. The fraction of sp³-hybridized carbons (Fsp3) is 0.561. The van der Waals surface area contributed by atoms with Crippen molar-refractivity contribution in [1.29, 1.82) is 0 Å². The Balaban J connectivity index is 1.09. The molecule has 2 fully saturated rings. The Morgan fingerprint density at radius 1 is 0.725 bits per heavy atom. The summed E-state index contributed by atoms with van der Waals surface area (Å²) in [4.78, 5) is 37.3. The summed E-state index contributed by atoms with van der Waals surface area (Å²) in [6, 6.07) is 17.3. The van der Waals surface area contributed by atoms with Gasteiger partial charge in [-0.1, -0.05) is 57.7 Å². The standard InChI is InChI=1S/C41H57N2O8/c1-28(2)38(44)49-27-37(26-48-35-10-8-7-9-11-35)51-40(46)43-34-20-14-31(15-21-34)24-30-12-18-33(19-13-30)42-39(45)50-29(3)25-47-36-22-16-32(17-23-36)41(4,5)6/h7-11,16-17,22-23,29-31,33-34,37H,1,3,12-15,18-21,24-27H2,2,4-6H3,(H,42,45)(H,43,46).